The lowest BCUT2D eigenvalue weighted by Gasteiger charge is -2.09. The highest BCUT2D eigenvalue weighted by Gasteiger charge is 2.16. The Bertz CT molecular complexity index is 1430. The van der Waals surface area contributed by atoms with Crippen molar-refractivity contribution in [1.29, 1.82) is 5.26 Å². The van der Waals surface area contributed by atoms with Gasteiger partial charge in [-0.25, -0.2) is 0 Å². The second-order valence-corrected chi connectivity index (χ2v) is 7.86. The monoisotopic (exact) mass is 450 g/mol. The summed E-state index contributed by atoms with van der Waals surface area (Å²) in [6, 6.07) is 25.8. The van der Waals surface area contributed by atoms with E-state index < -0.39 is 10.8 Å². The lowest BCUT2D eigenvalue weighted by molar-refractivity contribution is -0.384. The van der Waals surface area contributed by atoms with Gasteiger partial charge in [0, 0.05) is 47.4 Å². The molecule has 0 bridgehead atoms. The Morgan fingerprint density at radius 2 is 1.71 bits per heavy atom. The average Bonchev–Trinajstić information content (AvgIpc) is 3.12. The van der Waals surface area contributed by atoms with E-state index in [1.165, 1.54) is 12.1 Å². The van der Waals surface area contributed by atoms with Crippen molar-refractivity contribution >= 4 is 28.6 Å². The van der Waals surface area contributed by atoms with Crippen LogP contribution in [0, 0.1) is 28.4 Å². The highest BCUT2D eigenvalue weighted by atomic mass is 16.6. The van der Waals surface area contributed by atoms with Gasteiger partial charge in [-0.05, 0) is 30.2 Å². The van der Waals surface area contributed by atoms with Gasteiger partial charge in [-0.2, -0.15) is 5.26 Å². The van der Waals surface area contributed by atoms with E-state index in [1.54, 1.807) is 18.2 Å². The highest BCUT2D eigenvalue weighted by molar-refractivity contribution is 6.04. The summed E-state index contributed by atoms with van der Waals surface area (Å²) >= 11 is 0. The van der Waals surface area contributed by atoms with Gasteiger partial charge in [0.1, 0.15) is 11.6 Å². The number of carbonyl (C=O) groups is 1. The molecule has 4 aromatic rings. The summed E-state index contributed by atoms with van der Waals surface area (Å²) in [5.74, 6) is -0.432. The van der Waals surface area contributed by atoms with Gasteiger partial charge < -0.3 is 9.88 Å². The Kier molecular flexibility index (Phi) is 6.51. The zero-order valence-electron chi connectivity index (χ0n) is 18.6. The summed E-state index contributed by atoms with van der Waals surface area (Å²) in [6.07, 6.45) is 1.63. The van der Waals surface area contributed by atoms with Crippen molar-refractivity contribution in [2.24, 2.45) is 0 Å². The summed E-state index contributed by atoms with van der Waals surface area (Å²) < 4.78 is 2.08. The minimum Gasteiger partial charge on any atom is -0.347 e. The number of nitriles is 1. The number of nitrogens with one attached hydrogen (secondary N) is 1. The quantitative estimate of drug-likeness (QED) is 0.183. The van der Waals surface area contributed by atoms with Crippen LogP contribution < -0.4 is 5.32 Å². The van der Waals surface area contributed by atoms with E-state index in [2.05, 4.69) is 9.88 Å². The van der Waals surface area contributed by atoms with Gasteiger partial charge in [0.25, 0.3) is 11.6 Å². The minimum absolute atomic E-state index is 0.0253. The van der Waals surface area contributed by atoms with Crippen LogP contribution in [0.5, 0.6) is 0 Å². The molecule has 0 aliphatic carbocycles. The van der Waals surface area contributed by atoms with E-state index in [0.717, 1.165) is 33.3 Å². The number of hydrogen-bond donors (Lipinski definition) is 1. The molecule has 0 unspecified atom stereocenters. The SMILES string of the molecule is Cc1c(/C=C(/C#N)C(=O)NCc2ccccc2)c2ccccc2n1Cc1ccc([N+](=O)[O-])cc1. The molecule has 1 heterocycles. The summed E-state index contributed by atoms with van der Waals surface area (Å²) in [5, 5.41) is 24.4. The number of para-hydroxylation sites is 1. The molecule has 0 aliphatic heterocycles. The van der Waals surface area contributed by atoms with Crippen LogP contribution >= 0.6 is 0 Å². The number of aromatic nitrogens is 1. The van der Waals surface area contributed by atoms with Crippen LogP contribution in [0.1, 0.15) is 22.4 Å². The van der Waals surface area contributed by atoms with Crippen LogP contribution in [-0.4, -0.2) is 15.4 Å². The third-order valence-electron chi connectivity index (χ3n) is 5.72. The fourth-order valence-corrected chi connectivity index (χ4v) is 3.92. The van der Waals surface area contributed by atoms with E-state index in [4.69, 9.17) is 0 Å². The molecule has 7 nitrogen and oxygen atoms in total. The minimum atomic E-state index is -0.432. The maximum Gasteiger partial charge on any atom is 0.269 e. The number of hydrogen-bond acceptors (Lipinski definition) is 4. The molecule has 0 radical (unpaired) electrons. The molecule has 0 aliphatic rings. The van der Waals surface area contributed by atoms with Crippen molar-refractivity contribution in [1.82, 2.24) is 9.88 Å². The topological polar surface area (TPSA) is 101 Å². The van der Waals surface area contributed by atoms with Crippen LogP contribution in [0.3, 0.4) is 0 Å². The predicted molar refractivity (Wildman–Crippen MR) is 131 cm³/mol. The number of amides is 1. The first-order valence-electron chi connectivity index (χ1n) is 10.7. The van der Waals surface area contributed by atoms with Crippen molar-refractivity contribution in [2.75, 3.05) is 0 Å². The van der Waals surface area contributed by atoms with Gasteiger partial charge in [0.2, 0.25) is 0 Å². The molecule has 7 heteroatoms. The van der Waals surface area contributed by atoms with Crippen LogP contribution in [0.2, 0.25) is 0 Å². The van der Waals surface area contributed by atoms with Gasteiger partial charge in [-0.1, -0.05) is 60.7 Å². The van der Waals surface area contributed by atoms with E-state index in [9.17, 15) is 20.2 Å². The Morgan fingerprint density at radius 3 is 2.38 bits per heavy atom. The number of carbonyl (C=O) groups excluding carboxylic acids is 1. The zero-order valence-corrected chi connectivity index (χ0v) is 18.6. The number of rotatable bonds is 7. The lowest BCUT2D eigenvalue weighted by Crippen LogP contribution is -2.23. The number of nitrogens with zero attached hydrogens (tertiary/aromatic N) is 3. The third kappa shape index (κ3) is 4.71. The fraction of sp³-hybridized carbons (Fsp3) is 0.111. The number of nitro groups is 1. The fourth-order valence-electron chi connectivity index (χ4n) is 3.92. The zero-order chi connectivity index (χ0) is 24.1. The molecule has 1 N–H and O–H groups in total. The lowest BCUT2D eigenvalue weighted by atomic mass is 10.1. The predicted octanol–water partition coefficient (Wildman–Crippen LogP) is 5.13. The van der Waals surface area contributed by atoms with Crippen molar-refractivity contribution < 1.29 is 9.72 Å². The standard InChI is InChI=1S/C27H22N4O3/c1-19-25(15-22(16-28)27(32)29-17-20-7-3-2-4-8-20)24-9-5-6-10-26(24)30(19)18-21-11-13-23(14-12-21)31(33)34/h2-15H,17-18H2,1H3,(H,29,32)/b22-15-. The average molecular weight is 450 g/mol. The molecule has 34 heavy (non-hydrogen) atoms. The summed E-state index contributed by atoms with van der Waals surface area (Å²) in [6.45, 7) is 2.77. The van der Waals surface area contributed by atoms with E-state index in [-0.39, 0.29) is 11.3 Å². The van der Waals surface area contributed by atoms with Crippen molar-refractivity contribution in [3.63, 3.8) is 0 Å². The Hall–Kier alpha value is -4.70. The molecule has 168 valence electrons. The maximum atomic E-state index is 12.7. The molecular formula is C27H22N4O3. The van der Waals surface area contributed by atoms with Crippen LogP contribution in [0.25, 0.3) is 17.0 Å². The van der Waals surface area contributed by atoms with Crippen LogP contribution in [0.4, 0.5) is 5.69 Å². The third-order valence-corrected chi connectivity index (χ3v) is 5.72. The molecular weight excluding hydrogens is 428 g/mol. The first kappa shape index (κ1) is 22.5. The molecule has 0 saturated carbocycles. The highest BCUT2D eigenvalue weighted by Crippen LogP contribution is 2.29. The van der Waals surface area contributed by atoms with Gasteiger partial charge in [-0.15, -0.1) is 0 Å². The second-order valence-electron chi connectivity index (χ2n) is 7.86. The first-order chi connectivity index (χ1) is 16.5. The van der Waals surface area contributed by atoms with Crippen molar-refractivity contribution in [3.05, 3.63) is 117 Å². The smallest absolute Gasteiger partial charge is 0.269 e. The molecule has 1 aromatic heterocycles. The number of fused-ring (bicyclic) bond motifs is 1. The molecule has 4 rings (SSSR count). The van der Waals surface area contributed by atoms with Crippen LogP contribution in [0.15, 0.2) is 84.4 Å². The van der Waals surface area contributed by atoms with Crippen molar-refractivity contribution in [2.45, 2.75) is 20.0 Å². The molecule has 0 fully saturated rings. The van der Waals surface area contributed by atoms with Gasteiger partial charge in [0.15, 0.2) is 0 Å². The largest absolute Gasteiger partial charge is 0.347 e. The maximum absolute atomic E-state index is 12.7. The number of non-ortho nitro benzene ring substituents is 1. The van der Waals surface area contributed by atoms with Gasteiger partial charge in [-0.3, -0.25) is 14.9 Å². The van der Waals surface area contributed by atoms with E-state index >= 15 is 0 Å². The number of nitro benzene ring substituents is 1. The van der Waals surface area contributed by atoms with E-state index in [0.29, 0.717) is 13.1 Å². The molecule has 3 aromatic carbocycles. The van der Waals surface area contributed by atoms with Gasteiger partial charge >= 0.3 is 0 Å². The summed E-state index contributed by atoms with van der Waals surface area (Å²) in [4.78, 5) is 23.3. The summed E-state index contributed by atoms with van der Waals surface area (Å²) in [7, 11) is 0. The van der Waals surface area contributed by atoms with Crippen molar-refractivity contribution in [3.8, 4) is 6.07 Å². The Balaban J connectivity index is 1.66. The Labute approximate surface area is 196 Å². The normalized spacial score (nSPS) is 11.2. The molecule has 1 amide bonds. The first-order valence-corrected chi connectivity index (χ1v) is 10.7. The summed E-state index contributed by atoms with van der Waals surface area (Å²) in [5.41, 5.74) is 4.56. The molecule has 0 atom stereocenters. The molecule has 0 spiro atoms. The number of benzene rings is 3. The molecule has 0 saturated heterocycles. The van der Waals surface area contributed by atoms with Gasteiger partial charge in [0.05, 0.1) is 4.92 Å². The Morgan fingerprint density at radius 1 is 1.03 bits per heavy atom. The second kappa shape index (κ2) is 9.84. The van der Waals surface area contributed by atoms with E-state index in [1.807, 2.05) is 67.6 Å². The van der Waals surface area contributed by atoms with Crippen LogP contribution in [-0.2, 0) is 17.9 Å².